The van der Waals surface area contributed by atoms with Gasteiger partial charge in [-0.05, 0) is 7.05 Å². The molecule has 1 saturated heterocycles. The van der Waals surface area contributed by atoms with Crippen molar-refractivity contribution in [3.05, 3.63) is 0 Å². The number of rotatable bonds is 2. The molecule has 0 bridgehead atoms. The Bertz CT molecular complexity index is 78.6. The van der Waals surface area contributed by atoms with Gasteiger partial charge in [-0.15, -0.1) is 0 Å². The lowest BCUT2D eigenvalue weighted by atomic mass is 9.89. The normalized spacial score (nSPS) is 24.8. The molecule has 0 radical (unpaired) electrons. The standard InChI is InChI=1S/C6H13NO/c1-6(3-7-2)4-8-5-6/h7H,3-5H2,1-2H3. The molecule has 1 rings (SSSR count). The van der Waals surface area contributed by atoms with Gasteiger partial charge < -0.3 is 10.1 Å². The Labute approximate surface area is 50.2 Å². The molecule has 2 heteroatoms. The van der Waals surface area contributed by atoms with Gasteiger partial charge in [0.05, 0.1) is 13.2 Å². The summed E-state index contributed by atoms with van der Waals surface area (Å²) in [6, 6.07) is 0. The van der Waals surface area contributed by atoms with Gasteiger partial charge in [-0.2, -0.15) is 0 Å². The third-order valence-corrected chi connectivity index (χ3v) is 1.50. The van der Waals surface area contributed by atoms with Gasteiger partial charge in [-0.25, -0.2) is 0 Å². The molecule has 1 aliphatic rings. The molecule has 0 atom stereocenters. The van der Waals surface area contributed by atoms with E-state index < -0.39 is 0 Å². The summed E-state index contributed by atoms with van der Waals surface area (Å²) >= 11 is 0. The molecule has 0 aromatic heterocycles. The van der Waals surface area contributed by atoms with Crippen molar-refractivity contribution in [3.63, 3.8) is 0 Å². The van der Waals surface area contributed by atoms with E-state index >= 15 is 0 Å². The molecule has 0 amide bonds. The smallest absolute Gasteiger partial charge is 0.0554 e. The first-order valence-electron chi connectivity index (χ1n) is 2.99. The molecule has 48 valence electrons. The fourth-order valence-corrected chi connectivity index (χ4v) is 0.979. The van der Waals surface area contributed by atoms with Gasteiger partial charge in [0, 0.05) is 12.0 Å². The van der Waals surface area contributed by atoms with Gasteiger partial charge in [0.1, 0.15) is 0 Å². The molecular formula is C6H13NO. The summed E-state index contributed by atoms with van der Waals surface area (Å²) in [5.41, 5.74) is 0.439. The van der Waals surface area contributed by atoms with Crippen LogP contribution in [0.25, 0.3) is 0 Å². The van der Waals surface area contributed by atoms with Crippen molar-refractivity contribution >= 4 is 0 Å². The average Bonchev–Trinajstić information content (AvgIpc) is 1.64. The van der Waals surface area contributed by atoms with Crippen LogP contribution in [-0.2, 0) is 4.74 Å². The topological polar surface area (TPSA) is 21.3 Å². The van der Waals surface area contributed by atoms with E-state index in [0.29, 0.717) is 5.41 Å². The van der Waals surface area contributed by atoms with Crippen LogP contribution >= 0.6 is 0 Å². The maximum Gasteiger partial charge on any atom is 0.0554 e. The van der Waals surface area contributed by atoms with Crippen LogP contribution in [0, 0.1) is 5.41 Å². The Morgan fingerprint density at radius 3 is 2.38 bits per heavy atom. The molecule has 1 N–H and O–H groups in total. The first-order chi connectivity index (χ1) is 3.77. The van der Waals surface area contributed by atoms with E-state index in [1.54, 1.807) is 0 Å². The van der Waals surface area contributed by atoms with Gasteiger partial charge in [0.2, 0.25) is 0 Å². The molecule has 1 aliphatic heterocycles. The summed E-state index contributed by atoms with van der Waals surface area (Å²) in [7, 11) is 1.98. The van der Waals surface area contributed by atoms with Crippen molar-refractivity contribution in [2.24, 2.45) is 5.41 Å². The van der Waals surface area contributed by atoms with Crippen molar-refractivity contribution in [2.45, 2.75) is 6.92 Å². The number of hydrogen-bond donors (Lipinski definition) is 1. The van der Waals surface area contributed by atoms with E-state index in [9.17, 15) is 0 Å². The summed E-state index contributed by atoms with van der Waals surface area (Å²) in [4.78, 5) is 0. The first kappa shape index (κ1) is 6.05. The lowest BCUT2D eigenvalue weighted by Crippen LogP contribution is -2.46. The quantitative estimate of drug-likeness (QED) is 0.556. The minimum atomic E-state index is 0.439. The van der Waals surface area contributed by atoms with Crippen molar-refractivity contribution in [1.82, 2.24) is 5.32 Å². The Hall–Kier alpha value is -0.0800. The second-order valence-corrected chi connectivity index (χ2v) is 2.83. The van der Waals surface area contributed by atoms with Crippen LogP contribution in [-0.4, -0.2) is 26.8 Å². The molecule has 0 saturated carbocycles. The predicted octanol–water partition coefficient (Wildman–Crippen LogP) is 0.242. The highest BCUT2D eigenvalue weighted by molar-refractivity contribution is 4.81. The highest BCUT2D eigenvalue weighted by Crippen LogP contribution is 2.24. The fourth-order valence-electron chi connectivity index (χ4n) is 0.979. The molecule has 0 aromatic rings. The Morgan fingerprint density at radius 1 is 1.62 bits per heavy atom. The Morgan fingerprint density at radius 2 is 2.25 bits per heavy atom. The number of ether oxygens (including phenoxy) is 1. The molecule has 0 aromatic carbocycles. The van der Waals surface area contributed by atoms with E-state index in [1.165, 1.54) is 0 Å². The van der Waals surface area contributed by atoms with E-state index in [1.807, 2.05) is 7.05 Å². The van der Waals surface area contributed by atoms with Gasteiger partial charge in [-0.1, -0.05) is 6.92 Å². The summed E-state index contributed by atoms with van der Waals surface area (Å²) in [5, 5.41) is 3.13. The van der Waals surface area contributed by atoms with Crippen LogP contribution in [0.4, 0.5) is 0 Å². The van der Waals surface area contributed by atoms with Crippen molar-refractivity contribution in [3.8, 4) is 0 Å². The van der Waals surface area contributed by atoms with E-state index in [-0.39, 0.29) is 0 Å². The summed E-state index contributed by atoms with van der Waals surface area (Å²) in [6.07, 6.45) is 0. The molecule has 2 nitrogen and oxygen atoms in total. The van der Waals surface area contributed by atoms with Crippen LogP contribution in [0.2, 0.25) is 0 Å². The molecule has 1 heterocycles. The fraction of sp³-hybridized carbons (Fsp3) is 1.00. The average molecular weight is 115 g/mol. The minimum Gasteiger partial charge on any atom is -0.380 e. The lowest BCUT2D eigenvalue weighted by Gasteiger charge is -2.37. The highest BCUT2D eigenvalue weighted by Gasteiger charge is 2.31. The van der Waals surface area contributed by atoms with Gasteiger partial charge >= 0.3 is 0 Å². The zero-order valence-electron chi connectivity index (χ0n) is 5.53. The second kappa shape index (κ2) is 2.03. The monoisotopic (exact) mass is 115 g/mol. The van der Waals surface area contributed by atoms with Crippen LogP contribution in [0.15, 0.2) is 0 Å². The molecular weight excluding hydrogens is 102 g/mol. The van der Waals surface area contributed by atoms with Crippen molar-refractivity contribution in [2.75, 3.05) is 26.8 Å². The van der Waals surface area contributed by atoms with Crippen LogP contribution in [0.3, 0.4) is 0 Å². The van der Waals surface area contributed by atoms with Crippen LogP contribution in [0.5, 0.6) is 0 Å². The molecule has 8 heavy (non-hydrogen) atoms. The van der Waals surface area contributed by atoms with Crippen molar-refractivity contribution < 1.29 is 4.74 Å². The highest BCUT2D eigenvalue weighted by atomic mass is 16.5. The van der Waals surface area contributed by atoms with E-state index in [2.05, 4.69) is 12.2 Å². The largest absolute Gasteiger partial charge is 0.380 e. The molecule has 0 aliphatic carbocycles. The molecule has 0 spiro atoms. The number of hydrogen-bond acceptors (Lipinski definition) is 2. The Balaban J connectivity index is 2.20. The third kappa shape index (κ3) is 1.01. The van der Waals surface area contributed by atoms with Gasteiger partial charge in [0.15, 0.2) is 0 Å². The maximum absolute atomic E-state index is 5.05. The second-order valence-electron chi connectivity index (χ2n) is 2.83. The molecule has 0 unspecified atom stereocenters. The van der Waals surface area contributed by atoms with Crippen LogP contribution < -0.4 is 5.32 Å². The maximum atomic E-state index is 5.05. The van der Waals surface area contributed by atoms with Gasteiger partial charge in [-0.3, -0.25) is 0 Å². The zero-order valence-corrected chi connectivity index (χ0v) is 5.53. The lowest BCUT2D eigenvalue weighted by molar-refractivity contribution is -0.0982. The molecule has 1 fully saturated rings. The summed E-state index contributed by atoms with van der Waals surface area (Å²) in [6.45, 7) is 5.15. The zero-order chi connectivity index (χ0) is 6.04. The van der Waals surface area contributed by atoms with E-state index in [4.69, 9.17) is 4.74 Å². The van der Waals surface area contributed by atoms with Crippen molar-refractivity contribution in [1.29, 1.82) is 0 Å². The van der Waals surface area contributed by atoms with Gasteiger partial charge in [0.25, 0.3) is 0 Å². The Kier molecular flexibility index (Phi) is 1.54. The third-order valence-electron chi connectivity index (χ3n) is 1.50. The summed E-state index contributed by atoms with van der Waals surface area (Å²) in [5.74, 6) is 0. The number of nitrogens with one attached hydrogen (secondary N) is 1. The predicted molar refractivity (Wildman–Crippen MR) is 32.9 cm³/mol. The SMILES string of the molecule is CNCC1(C)COC1. The summed E-state index contributed by atoms with van der Waals surface area (Å²) < 4.78 is 5.05. The van der Waals surface area contributed by atoms with E-state index in [0.717, 1.165) is 19.8 Å². The van der Waals surface area contributed by atoms with Crippen LogP contribution in [0.1, 0.15) is 6.92 Å². The minimum absolute atomic E-state index is 0.439. The first-order valence-corrected chi connectivity index (χ1v) is 2.99.